The third-order valence-electron chi connectivity index (χ3n) is 3.10. The van der Waals surface area contributed by atoms with E-state index in [9.17, 15) is 9.18 Å². The van der Waals surface area contributed by atoms with Crippen LogP contribution >= 0.6 is 23.2 Å². The summed E-state index contributed by atoms with van der Waals surface area (Å²) in [6.45, 7) is 4.02. The molecule has 0 atom stereocenters. The number of carbonyl (C=O) groups excluding carboxylic acids is 1. The molecule has 0 radical (unpaired) electrons. The maximum atomic E-state index is 13.0. The third-order valence-corrected chi connectivity index (χ3v) is 3.70. The van der Waals surface area contributed by atoms with Crippen molar-refractivity contribution in [1.29, 1.82) is 0 Å². The van der Waals surface area contributed by atoms with Crippen LogP contribution < -0.4 is 5.32 Å². The lowest BCUT2D eigenvalue weighted by molar-refractivity contribution is -0.113. The number of carbonyl (C=O) groups is 1. The second kappa shape index (κ2) is 6.45. The van der Waals surface area contributed by atoms with Crippen molar-refractivity contribution in [3.8, 4) is 0 Å². The lowest BCUT2D eigenvalue weighted by atomic mass is 10.2. The van der Waals surface area contributed by atoms with Crippen LogP contribution in [0.25, 0.3) is 0 Å². The van der Waals surface area contributed by atoms with Crippen LogP contribution in [0.4, 0.5) is 10.1 Å². The van der Waals surface area contributed by atoms with E-state index < -0.39 is 0 Å². The first-order valence-corrected chi connectivity index (χ1v) is 7.17. The Morgan fingerprint density at radius 1 is 1.43 bits per heavy atom. The summed E-state index contributed by atoms with van der Waals surface area (Å²) in [6, 6.07) is 4.23. The Morgan fingerprint density at radius 3 is 2.76 bits per heavy atom. The number of anilines is 1. The number of amides is 1. The Balaban J connectivity index is 2.29. The summed E-state index contributed by atoms with van der Waals surface area (Å²) in [4.78, 5) is 11.4. The molecule has 0 spiro atoms. The van der Waals surface area contributed by atoms with Crippen molar-refractivity contribution in [2.45, 2.75) is 20.4 Å². The number of rotatable bonds is 4. The monoisotopic (exact) mass is 329 g/mol. The van der Waals surface area contributed by atoms with Gasteiger partial charge in [0.1, 0.15) is 11.7 Å². The van der Waals surface area contributed by atoms with Gasteiger partial charge < -0.3 is 5.32 Å². The first-order chi connectivity index (χ1) is 9.92. The molecule has 2 aromatic rings. The van der Waals surface area contributed by atoms with Crippen LogP contribution in [0.5, 0.6) is 0 Å². The number of hydrogen-bond donors (Lipinski definition) is 1. The largest absolute Gasteiger partial charge is 0.322 e. The number of benzene rings is 1. The zero-order valence-electron chi connectivity index (χ0n) is 11.6. The highest BCUT2D eigenvalue weighted by Gasteiger charge is 2.14. The lowest BCUT2D eigenvalue weighted by Crippen LogP contribution is -2.14. The number of halogens is 3. The van der Waals surface area contributed by atoms with Crippen LogP contribution in [0.2, 0.25) is 5.02 Å². The minimum absolute atomic E-state index is 0.117. The molecular weight excluding hydrogens is 316 g/mol. The summed E-state index contributed by atoms with van der Waals surface area (Å²) >= 11 is 11.5. The first kappa shape index (κ1) is 15.8. The normalized spacial score (nSPS) is 10.7. The molecule has 1 aromatic heterocycles. The van der Waals surface area contributed by atoms with Crippen molar-refractivity contribution in [2.24, 2.45) is 0 Å². The lowest BCUT2D eigenvalue weighted by Gasteiger charge is -2.08. The molecule has 7 heteroatoms. The van der Waals surface area contributed by atoms with Crippen LogP contribution in [-0.2, 0) is 11.3 Å². The molecule has 0 bridgehead atoms. The van der Waals surface area contributed by atoms with Gasteiger partial charge in [-0.05, 0) is 31.5 Å². The van der Waals surface area contributed by atoms with Gasteiger partial charge in [0.15, 0.2) is 0 Å². The smallest absolute Gasteiger partial charge is 0.239 e. The molecule has 4 nitrogen and oxygen atoms in total. The predicted octanol–water partition coefficient (Wildman–Crippen LogP) is 3.52. The molecule has 1 aromatic carbocycles. The average molecular weight is 330 g/mol. The zero-order valence-corrected chi connectivity index (χ0v) is 13.1. The van der Waals surface area contributed by atoms with Gasteiger partial charge in [0.2, 0.25) is 5.91 Å². The van der Waals surface area contributed by atoms with Crippen molar-refractivity contribution in [1.82, 2.24) is 9.78 Å². The van der Waals surface area contributed by atoms with Crippen molar-refractivity contribution in [2.75, 3.05) is 11.2 Å². The molecule has 1 N–H and O–H groups in total. The van der Waals surface area contributed by atoms with Gasteiger partial charge in [-0.15, -0.1) is 11.6 Å². The van der Waals surface area contributed by atoms with Crippen molar-refractivity contribution >= 4 is 34.8 Å². The maximum Gasteiger partial charge on any atom is 0.239 e. The van der Waals surface area contributed by atoms with Crippen LogP contribution in [0.15, 0.2) is 18.2 Å². The first-order valence-electron chi connectivity index (χ1n) is 6.26. The fraction of sp³-hybridized carbons (Fsp3) is 0.286. The topological polar surface area (TPSA) is 46.9 Å². The van der Waals surface area contributed by atoms with Crippen molar-refractivity contribution in [3.05, 3.63) is 46.0 Å². The fourth-order valence-electron chi connectivity index (χ4n) is 2.02. The fourth-order valence-corrected chi connectivity index (χ4v) is 2.31. The summed E-state index contributed by atoms with van der Waals surface area (Å²) in [7, 11) is 0. The molecule has 21 heavy (non-hydrogen) atoms. The van der Waals surface area contributed by atoms with E-state index in [4.69, 9.17) is 23.2 Å². The summed E-state index contributed by atoms with van der Waals surface area (Å²) in [6.07, 6.45) is 0. The van der Waals surface area contributed by atoms with Gasteiger partial charge in [0.05, 0.1) is 23.6 Å². The van der Waals surface area contributed by atoms with Gasteiger partial charge in [-0.3, -0.25) is 9.48 Å². The van der Waals surface area contributed by atoms with Gasteiger partial charge in [0.25, 0.3) is 0 Å². The second-order valence-electron chi connectivity index (χ2n) is 4.62. The minimum Gasteiger partial charge on any atom is -0.322 e. The summed E-state index contributed by atoms with van der Waals surface area (Å²) in [5, 5.41) is 7.42. The maximum absolute atomic E-state index is 13.0. The minimum atomic E-state index is -0.382. The Bertz CT molecular complexity index is 685. The van der Waals surface area contributed by atoms with Gasteiger partial charge in [0, 0.05) is 5.02 Å². The van der Waals surface area contributed by atoms with E-state index in [1.54, 1.807) is 17.7 Å². The highest BCUT2D eigenvalue weighted by Crippen LogP contribution is 2.23. The second-order valence-corrected chi connectivity index (χ2v) is 5.30. The van der Waals surface area contributed by atoms with E-state index in [2.05, 4.69) is 10.4 Å². The molecule has 0 fully saturated rings. The molecular formula is C14H14Cl2FN3O. The number of nitrogens with zero attached hydrogens (tertiary/aromatic N) is 2. The van der Waals surface area contributed by atoms with E-state index in [0.717, 1.165) is 11.3 Å². The van der Waals surface area contributed by atoms with Crippen LogP contribution in [0, 0.1) is 19.7 Å². The van der Waals surface area contributed by atoms with E-state index in [-0.39, 0.29) is 17.6 Å². The molecule has 0 aliphatic rings. The van der Waals surface area contributed by atoms with E-state index >= 15 is 0 Å². The Kier molecular flexibility index (Phi) is 4.85. The number of hydrogen-bond acceptors (Lipinski definition) is 2. The van der Waals surface area contributed by atoms with Gasteiger partial charge in [-0.2, -0.15) is 5.10 Å². The standard InChI is InChI=1S/C14H14Cl2FN3O/c1-8-14(18-13(21)6-15)9(2)20(19-8)7-10-3-4-11(17)5-12(10)16/h3-5H,6-7H2,1-2H3,(H,18,21). The Labute approximate surface area is 131 Å². The van der Waals surface area contributed by atoms with E-state index in [1.165, 1.54) is 12.1 Å². The highest BCUT2D eigenvalue weighted by atomic mass is 35.5. The van der Waals surface area contributed by atoms with Gasteiger partial charge in [-0.25, -0.2) is 4.39 Å². The number of nitrogens with one attached hydrogen (secondary N) is 1. The van der Waals surface area contributed by atoms with E-state index in [0.29, 0.717) is 22.9 Å². The molecule has 1 amide bonds. The molecule has 0 aliphatic heterocycles. The SMILES string of the molecule is Cc1nn(Cc2ccc(F)cc2Cl)c(C)c1NC(=O)CCl. The zero-order chi connectivity index (χ0) is 15.6. The van der Waals surface area contributed by atoms with Crippen LogP contribution in [0.3, 0.4) is 0 Å². The molecule has 1 heterocycles. The number of aryl methyl sites for hydroxylation is 1. The molecule has 2 rings (SSSR count). The average Bonchev–Trinajstić information content (AvgIpc) is 2.69. The summed E-state index contributed by atoms with van der Waals surface area (Å²) in [5.41, 5.74) is 2.85. The van der Waals surface area contributed by atoms with Gasteiger partial charge in [-0.1, -0.05) is 17.7 Å². The number of aromatic nitrogens is 2. The van der Waals surface area contributed by atoms with Crippen LogP contribution in [-0.4, -0.2) is 21.6 Å². The highest BCUT2D eigenvalue weighted by molar-refractivity contribution is 6.31. The molecule has 0 saturated carbocycles. The molecule has 0 unspecified atom stereocenters. The van der Waals surface area contributed by atoms with Gasteiger partial charge >= 0.3 is 0 Å². The molecule has 0 saturated heterocycles. The Hall–Kier alpha value is -1.59. The molecule has 112 valence electrons. The number of alkyl halides is 1. The van der Waals surface area contributed by atoms with Crippen molar-refractivity contribution in [3.63, 3.8) is 0 Å². The quantitative estimate of drug-likeness (QED) is 0.872. The predicted molar refractivity (Wildman–Crippen MR) is 81.6 cm³/mol. The Morgan fingerprint density at radius 2 is 2.14 bits per heavy atom. The molecule has 0 aliphatic carbocycles. The van der Waals surface area contributed by atoms with Crippen LogP contribution in [0.1, 0.15) is 17.0 Å². The third kappa shape index (κ3) is 3.54. The summed E-state index contributed by atoms with van der Waals surface area (Å²) < 4.78 is 14.8. The van der Waals surface area contributed by atoms with E-state index in [1.807, 2.05) is 6.92 Å². The van der Waals surface area contributed by atoms with Crippen molar-refractivity contribution < 1.29 is 9.18 Å². The summed E-state index contributed by atoms with van der Waals surface area (Å²) in [5.74, 6) is -0.789.